The van der Waals surface area contributed by atoms with Gasteiger partial charge in [0.25, 0.3) is 5.91 Å². The molecule has 0 unspecified atom stereocenters. The fourth-order valence-electron chi connectivity index (χ4n) is 5.29. The fraction of sp³-hybridized carbons (Fsp3) is 0.455. The van der Waals surface area contributed by atoms with E-state index < -0.39 is 11.7 Å². The van der Waals surface area contributed by atoms with Crippen LogP contribution in [0.25, 0.3) is 17.2 Å². The molecule has 42 heavy (non-hydrogen) atoms. The quantitative estimate of drug-likeness (QED) is 0.443. The van der Waals surface area contributed by atoms with E-state index in [0.29, 0.717) is 55.3 Å². The molecule has 9 nitrogen and oxygen atoms in total. The molecule has 2 aromatic carbocycles. The number of carbonyl (C=O) groups is 3. The number of nitrogens with zero attached hydrogens (tertiary/aromatic N) is 3. The number of carbonyl (C=O) groups excluding carboxylic acids is 3. The fourth-order valence-corrected chi connectivity index (χ4v) is 5.29. The Balaban J connectivity index is 1.71. The van der Waals surface area contributed by atoms with Gasteiger partial charge in [0.15, 0.2) is 0 Å². The summed E-state index contributed by atoms with van der Waals surface area (Å²) in [6.45, 7) is 11.6. The number of rotatable bonds is 8. The summed E-state index contributed by atoms with van der Waals surface area (Å²) in [5.41, 5.74) is 4.75. The van der Waals surface area contributed by atoms with Crippen LogP contribution in [0.1, 0.15) is 75.4 Å². The number of amidine groups is 1. The maximum Gasteiger partial charge on any atom is 0.413 e. The van der Waals surface area contributed by atoms with Gasteiger partial charge in [-0.25, -0.2) is 9.79 Å². The molecule has 0 spiro atoms. The van der Waals surface area contributed by atoms with Gasteiger partial charge in [0.05, 0.1) is 12.3 Å². The van der Waals surface area contributed by atoms with Gasteiger partial charge < -0.3 is 19.6 Å². The standard InChI is InChI=1S/C33H42N4O5/c1-6-13-36(14-7-2)30(39)26-19-25-9-8-23(20-28(25)34-29(21-26)35-32(41)42-33(3,4)5)22-10-11-27-24(18-22)12-15-37(16-17-38)31(27)40/h8-11,18-20,38H,6-7,12-17,21H2,1-5H3,(H,34,35,41). The summed E-state index contributed by atoms with van der Waals surface area (Å²) >= 11 is 0. The first-order valence-electron chi connectivity index (χ1n) is 14.8. The highest BCUT2D eigenvalue weighted by Crippen LogP contribution is 2.34. The number of β-amino-alcohol motifs (C(OH)–C–C–N with tert-alkyl or cyclic N) is 1. The van der Waals surface area contributed by atoms with Crippen LogP contribution in [0.2, 0.25) is 0 Å². The lowest BCUT2D eigenvalue weighted by Gasteiger charge is -2.28. The molecule has 2 aliphatic rings. The van der Waals surface area contributed by atoms with Crippen molar-refractivity contribution in [3.05, 3.63) is 58.7 Å². The van der Waals surface area contributed by atoms with E-state index in [9.17, 15) is 19.5 Å². The van der Waals surface area contributed by atoms with E-state index in [1.807, 2.05) is 61.2 Å². The molecule has 0 aliphatic carbocycles. The summed E-state index contributed by atoms with van der Waals surface area (Å²) in [5.74, 6) is 0.209. The number of amides is 3. The number of nitrogens with one attached hydrogen (secondary N) is 1. The molecule has 9 heteroatoms. The first-order chi connectivity index (χ1) is 20.0. The van der Waals surface area contributed by atoms with Gasteiger partial charge in [0.2, 0.25) is 5.91 Å². The molecule has 2 N–H and O–H groups in total. The van der Waals surface area contributed by atoms with Crippen molar-refractivity contribution in [2.45, 2.75) is 65.9 Å². The van der Waals surface area contributed by atoms with E-state index in [2.05, 4.69) is 5.32 Å². The summed E-state index contributed by atoms with van der Waals surface area (Å²) in [7, 11) is 0. The van der Waals surface area contributed by atoms with Gasteiger partial charge in [0.1, 0.15) is 11.4 Å². The van der Waals surface area contributed by atoms with Crippen LogP contribution < -0.4 is 5.32 Å². The number of alkyl carbamates (subject to hydrolysis) is 1. The number of aliphatic hydroxyl groups excluding tert-OH is 1. The van der Waals surface area contributed by atoms with Crippen molar-refractivity contribution in [2.75, 3.05) is 32.8 Å². The largest absolute Gasteiger partial charge is 0.444 e. The van der Waals surface area contributed by atoms with E-state index in [1.54, 1.807) is 25.7 Å². The van der Waals surface area contributed by atoms with Crippen LogP contribution in [0.5, 0.6) is 0 Å². The molecule has 0 saturated carbocycles. The molecule has 0 saturated heterocycles. The Kier molecular flexibility index (Phi) is 9.83. The Morgan fingerprint density at radius 3 is 2.43 bits per heavy atom. The third-order valence-corrected chi connectivity index (χ3v) is 7.14. The van der Waals surface area contributed by atoms with Crippen molar-refractivity contribution in [3.8, 4) is 11.1 Å². The van der Waals surface area contributed by atoms with Crippen LogP contribution in [0.3, 0.4) is 0 Å². The van der Waals surface area contributed by atoms with Gasteiger partial charge in [-0.2, -0.15) is 0 Å². The molecule has 224 valence electrons. The van der Waals surface area contributed by atoms with Gasteiger partial charge in [0, 0.05) is 49.3 Å². The van der Waals surface area contributed by atoms with Crippen molar-refractivity contribution in [1.82, 2.24) is 15.1 Å². The molecular weight excluding hydrogens is 532 g/mol. The van der Waals surface area contributed by atoms with E-state index in [1.165, 1.54) is 0 Å². The SMILES string of the molecule is CCCN(CCC)C(=O)C1=Cc2ccc(-c3ccc4c(c3)CCN(CCO)C4=O)cc2N=C(NC(=O)OC(C)(C)C)C1. The third kappa shape index (κ3) is 7.45. The van der Waals surface area contributed by atoms with Crippen LogP contribution >= 0.6 is 0 Å². The van der Waals surface area contributed by atoms with Gasteiger partial charge in [-0.15, -0.1) is 0 Å². The molecule has 0 fully saturated rings. The van der Waals surface area contributed by atoms with E-state index in [0.717, 1.165) is 35.1 Å². The molecule has 2 aromatic rings. The molecule has 3 amide bonds. The number of aliphatic hydroxyl groups is 1. The Morgan fingerprint density at radius 2 is 1.76 bits per heavy atom. The number of aliphatic imine (C=N–C) groups is 1. The van der Waals surface area contributed by atoms with Crippen molar-refractivity contribution in [2.24, 2.45) is 4.99 Å². The summed E-state index contributed by atoms with van der Waals surface area (Å²) in [4.78, 5) is 47.5. The van der Waals surface area contributed by atoms with Crippen molar-refractivity contribution in [1.29, 1.82) is 0 Å². The predicted molar refractivity (Wildman–Crippen MR) is 165 cm³/mol. The Hall–Kier alpha value is -3.98. The van der Waals surface area contributed by atoms with Gasteiger partial charge in [-0.3, -0.25) is 14.9 Å². The molecular formula is C33H42N4O5. The summed E-state index contributed by atoms with van der Waals surface area (Å²) in [6.07, 6.45) is 3.82. The predicted octanol–water partition coefficient (Wildman–Crippen LogP) is 5.33. The highest BCUT2D eigenvalue weighted by Gasteiger charge is 2.26. The van der Waals surface area contributed by atoms with Crippen LogP contribution in [0.15, 0.2) is 47.0 Å². The zero-order valence-electron chi connectivity index (χ0n) is 25.3. The monoisotopic (exact) mass is 574 g/mol. The zero-order chi connectivity index (χ0) is 30.4. The maximum atomic E-state index is 13.6. The number of hydrogen-bond acceptors (Lipinski definition) is 6. The summed E-state index contributed by atoms with van der Waals surface area (Å²) < 4.78 is 5.48. The van der Waals surface area contributed by atoms with Crippen LogP contribution in [0.4, 0.5) is 10.5 Å². The first kappa shape index (κ1) is 31.0. The minimum absolute atomic E-state index is 0.0590. The van der Waals surface area contributed by atoms with Crippen LogP contribution in [-0.2, 0) is 16.0 Å². The summed E-state index contributed by atoms with van der Waals surface area (Å²) in [6, 6.07) is 11.7. The Bertz CT molecular complexity index is 1400. The second kappa shape index (κ2) is 13.3. The molecule has 0 aromatic heterocycles. The second-order valence-corrected chi connectivity index (χ2v) is 11.7. The zero-order valence-corrected chi connectivity index (χ0v) is 25.3. The first-order valence-corrected chi connectivity index (χ1v) is 14.8. The van der Waals surface area contributed by atoms with Gasteiger partial charge in [-0.05, 0) is 74.9 Å². The molecule has 0 atom stereocenters. The third-order valence-electron chi connectivity index (χ3n) is 7.14. The van der Waals surface area contributed by atoms with Crippen LogP contribution in [0, 0.1) is 0 Å². The van der Waals surface area contributed by atoms with Crippen molar-refractivity contribution in [3.63, 3.8) is 0 Å². The number of fused-ring (bicyclic) bond motifs is 2. The highest BCUT2D eigenvalue weighted by atomic mass is 16.6. The van der Waals surface area contributed by atoms with E-state index in [-0.39, 0.29) is 24.8 Å². The van der Waals surface area contributed by atoms with Crippen molar-refractivity contribution >= 4 is 35.5 Å². The Labute approximate surface area is 248 Å². The van der Waals surface area contributed by atoms with E-state index >= 15 is 0 Å². The molecule has 0 bridgehead atoms. The highest BCUT2D eigenvalue weighted by molar-refractivity contribution is 6.08. The van der Waals surface area contributed by atoms with E-state index in [4.69, 9.17) is 9.73 Å². The number of hydrogen-bond donors (Lipinski definition) is 2. The van der Waals surface area contributed by atoms with Crippen LogP contribution in [-0.4, -0.2) is 77.0 Å². The lowest BCUT2D eigenvalue weighted by atomic mass is 9.93. The number of benzene rings is 2. The average Bonchev–Trinajstić information content (AvgIpc) is 3.11. The molecule has 2 aliphatic heterocycles. The maximum absolute atomic E-state index is 13.6. The summed E-state index contributed by atoms with van der Waals surface area (Å²) in [5, 5.41) is 12.1. The second-order valence-electron chi connectivity index (χ2n) is 11.7. The normalized spacial score (nSPS) is 14.7. The minimum atomic E-state index is -0.684. The lowest BCUT2D eigenvalue weighted by Crippen LogP contribution is -2.39. The van der Waals surface area contributed by atoms with Crippen molar-refractivity contribution < 1.29 is 24.2 Å². The Morgan fingerprint density at radius 1 is 1.07 bits per heavy atom. The molecule has 0 radical (unpaired) electrons. The topological polar surface area (TPSA) is 112 Å². The average molecular weight is 575 g/mol. The van der Waals surface area contributed by atoms with Gasteiger partial charge in [-0.1, -0.05) is 38.1 Å². The number of ether oxygens (including phenoxy) is 1. The molecule has 2 heterocycles. The van der Waals surface area contributed by atoms with Gasteiger partial charge >= 0.3 is 6.09 Å². The smallest absolute Gasteiger partial charge is 0.413 e. The molecule has 4 rings (SSSR count). The minimum Gasteiger partial charge on any atom is -0.444 e. The lowest BCUT2D eigenvalue weighted by molar-refractivity contribution is -0.127.